The van der Waals surface area contributed by atoms with Gasteiger partial charge in [0.1, 0.15) is 0 Å². The highest BCUT2D eigenvalue weighted by atomic mass is 16.6. The average Bonchev–Trinajstić information content (AvgIpc) is 2.79. The first-order valence-electron chi connectivity index (χ1n) is 9.49. The molecule has 0 unspecified atom stereocenters. The molecule has 0 saturated heterocycles. The van der Waals surface area contributed by atoms with Crippen molar-refractivity contribution in [2.45, 2.75) is 6.92 Å². The molecule has 0 aliphatic rings. The Morgan fingerprint density at radius 2 is 1.16 bits per heavy atom. The van der Waals surface area contributed by atoms with Crippen molar-refractivity contribution in [3.63, 3.8) is 0 Å². The van der Waals surface area contributed by atoms with Crippen molar-refractivity contribution in [2.24, 2.45) is 0 Å². The Morgan fingerprint density at radius 3 is 1.71 bits per heavy atom. The Kier molecular flexibility index (Phi) is 5.24. The summed E-state index contributed by atoms with van der Waals surface area (Å²) in [5, 5.41) is 22.2. The van der Waals surface area contributed by atoms with E-state index in [2.05, 4.69) is 0 Å². The maximum Gasteiger partial charge on any atom is 0.270 e. The van der Waals surface area contributed by atoms with Crippen LogP contribution in [0.25, 0.3) is 33.6 Å². The number of benzene rings is 3. The summed E-state index contributed by atoms with van der Waals surface area (Å²) in [4.78, 5) is 26.1. The lowest BCUT2D eigenvalue weighted by Crippen LogP contribution is -1.93. The van der Waals surface area contributed by atoms with Gasteiger partial charge in [-0.1, -0.05) is 42.0 Å². The van der Waals surface area contributed by atoms with Crippen LogP contribution in [0.15, 0.2) is 84.9 Å². The maximum atomic E-state index is 11.2. The summed E-state index contributed by atoms with van der Waals surface area (Å²) >= 11 is 0. The van der Waals surface area contributed by atoms with Crippen molar-refractivity contribution in [3.05, 3.63) is 111 Å². The first-order chi connectivity index (χ1) is 14.9. The third-order valence-corrected chi connectivity index (χ3v) is 4.94. The second-order valence-corrected chi connectivity index (χ2v) is 7.10. The van der Waals surface area contributed by atoms with Crippen LogP contribution in [0.4, 0.5) is 11.4 Å². The molecular formula is C24H17N3O4. The number of hydrogen-bond donors (Lipinski definition) is 0. The van der Waals surface area contributed by atoms with Crippen LogP contribution in [0.5, 0.6) is 0 Å². The summed E-state index contributed by atoms with van der Waals surface area (Å²) in [5.74, 6) is 0. The van der Waals surface area contributed by atoms with Crippen LogP contribution in [0, 0.1) is 27.2 Å². The summed E-state index contributed by atoms with van der Waals surface area (Å²) in [6, 6.07) is 24.2. The summed E-state index contributed by atoms with van der Waals surface area (Å²) in [6.45, 7) is 2.00. The van der Waals surface area contributed by atoms with Gasteiger partial charge in [0.15, 0.2) is 0 Å². The van der Waals surface area contributed by atoms with E-state index in [0.717, 1.165) is 16.7 Å². The molecule has 4 rings (SSSR count). The van der Waals surface area contributed by atoms with Gasteiger partial charge in [-0.3, -0.25) is 20.2 Å². The number of non-ortho nitro benzene ring substituents is 2. The number of hydrogen-bond acceptors (Lipinski definition) is 5. The van der Waals surface area contributed by atoms with Gasteiger partial charge in [0.25, 0.3) is 11.4 Å². The highest BCUT2D eigenvalue weighted by Crippen LogP contribution is 2.32. The number of rotatable bonds is 5. The number of nitro groups is 2. The van der Waals surface area contributed by atoms with Gasteiger partial charge in [-0.15, -0.1) is 0 Å². The van der Waals surface area contributed by atoms with E-state index < -0.39 is 9.85 Å². The molecule has 0 N–H and O–H groups in total. The zero-order valence-corrected chi connectivity index (χ0v) is 16.6. The molecule has 31 heavy (non-hydrogen) atoms. The van der Waals surface area contributed by atoms with Crippen molar-refractivity contribution < 1.29 is 9.85 Å². The van der Waals surface area contributed by atoms with Gasteiger partial charge >= 0.3 is 0 Å². The molecule has 0 spiro atoms. The number of aromatic nitrogens is 1. The first-order valence-corrected chi connectivity index (χ1v) is 9.49. The van der Waals surface area contributed by atoms with Crippen LogP contribution in [0.3, 0.4) is 0 Å². The predicted octanol–water partition coefficient (Wildman–Crippen LogP) is 6.21. The van der Waals surface area contributed by atoms with E-state index in [0.29, 0.717) is 22.5 Å². The second kappa shape index (κ2) is 8.16. The van der Waals surface area contributed by atoms with Gasteiger partial charge in [0.05, 0.1) is 21.2 Å². The summed E-state index contributed by atoms with van der Waals surface area (Å²) in [5.41, 5.74) is 5.52. The largest absolute Gasteiger partial charge is 0.270 e. The minimum absolute atomic E-state index is 0.00246. The highest BCUT2D eigenvalue weighted by molar-refractivity contribution is 5.77. The maximum absolute atomic E-state index is 11.2. The quantitative estimate of drug-likeness (QED) is 0.287. The lowest BCUT2D eigenvalue weighted by atomic mass is 9.99. The molecule has 1 aromatic heterocycles. The zero-order valence-electron chi connectivity index (χ0n) is 16.6. The molecule has 4 aromatic rings. The second-order valence-electron chi connectivity index (χ2n) is 7.10. The van der Waals surface area contributed by atoms with Crippen molar-refractivity contribution >= 4 is 11.4 Å². The van der Waals surface area contributed by atoms with E-state index >= 15 is 0 Å². The highest BCUT2D eigenvalue weighted by Gasteiger charge is 2.13. The van der Waals surface area contributed by atoms with Crippen molar-refractivity contribution in [3.8, 4) is 33.6 Å². The van der Waals surface area contributed by atoms with Crippen LogP contribution in [-0.4, -0.2) is 14.8 Å². The van der Waals surface area contributed by atoms with Crippen LogP contribution in [0.1, 0.15) is 5.56 Å². The zero-order chi connectivity index (χ0) is 22.0. The SMILES string of the molecule is Cc1ccc(-c2cc(-c3cccc([N+](=O)[O-])c3)cc(-c3ccc([N+](=O)[O-])cc3)n2)cc1. The van der Waals surface area contributed by atoms with E-state index in [1.54, 1.807) is 24.3 Å². The minimum Gasteiger partial charge on any atom is -0.258 e. The van der Waals surface area contributed by atoms with Crippen molar-refractivity contribution in [2.75, 3.05) is 0 Å². The summed E-state index contributed by atoms with van der Waals surface area (Å²) in [7, 11) is 0. The monoisotopic (exact) mass is 411 g/mol. The summed E-state index contributed by atoms with van der Waals surface area (Å²) < 4.78 is 0. The molecule has 0 bridgehead atoms. The van der Waals surface area contributed by atoms with Gasteiger partial charge < -0.3 is 0 Å². The van der Waals surface area contributed by atoms with Crippen molar-refractivity contribution in [1.82, 2.24) is 4.98 Å². The topological polar surface area (TPSA) is 99.2 Å². The summed E-state index contributed by atoms with van der Waals surface area (Å²) in [6.07, 6.45) is 0. The van der Waals surface area contributed by atoms with Gasteiger partial charge in [0, 0.05) is 35.4 Å². The van der Waals surface area contributed by atoms with Crippen LogP contribution >= 0.6 is 0 Å². The van der Waals surface area contributed by atoms with Crippen LogP contribution in [-0.2, 0) is 0 Å². The lowest BCUT2D eigenvalue weighted by Gasteiger charge is -2.10. The Labute approximate surface area is 177 Å². The molecule has 0 fully saturated rings. The Bertz CT molecular complexity index is 1280. The van der Waals surface area contributed by atoms with Gasteiger partial charge in [-0.25, -0.2) is 4.98 Å². The molecule has 0 amide bonds. The van der Waals surface area contributed by atoms with Crippen molar-refractivity contribution in [1.29, 1.82) is 0 Å². The number of pyridine rings is 1. The molecule has 0 atom stereocenters. The number of aryl methyl sites for hydroxylation is 1. The minimum atomic E-state index is -0.450. The Hall–Kier alpha value is -4.39. The average molecular weight is 411 g/mol. The van der Waals surface area contributed by atoms with Crippen LogP contribution in [0.2, 0.25) is 0 Å². The van der Waals surface area contributed by atoms with Gasteiger partial charge in [-0.05, 0) is 42.3 Å². The third kappa shape index (κ3) is 4.30. The predicted molar refractivity (Wildman–Crippen MR) is 119 cm³/mol. The Morgan fingerprint density at radius 1 is 0.613 bits per heavy atom. The molecule has 3 aromatic carbocycles. The standard InChI is InChI=1S/C24H17N3O4/c1-16-5-7-17(8-6-16)23-14-20(19-3-2-4-22(13-19)27(30)31)15-24(25-23)18-9-11-21(12-10-18)26(28)29/h2-15H,1H3. The molecule has 0 aliphatic heterocycles. The molecule has 7 heteroatoms. The molecule has 1 heterocycles. The van der Waals surface area contributed by atoms with E-state index in [9.17, 15) is 20.2 Å². The molecule has 152 valence electrons. The normalized spacial score (nSPS) is 10.6. The lowest BCUT2D eigenvalue weighted by molar-refractivity contribution is -0.385. The fraction of sp³-hybridized carbons (Fsp3) is 0.0417. The Balaban J connectivity index is 1.88. The third-order valence-electron chi connectivity index (χ3n) is 4.94. The van der Waals surface area contributed by atoms with Gasteiger partial charge in [0.2, 0.25) is 0 Å². The van der Waals surface area contributed by atoms with Crippen LogP contribution < -0.4 is 0 Å². The smallest absolute Gasteiger partial charge is 0.258 e. The fourth-order valence-corrected chi connectivity index (χ4v) is 3.27. The number of nitro benzene ring substituents is 2. The van der Waals surface area contributed by atoms with E-state index in [1.807, 2.05) is 43.3 Å². The molecule has 7 nitrogen and oxygen atoms in total. The number of nitrogens with zero attached hydrogens (tertiary/aromatic N) is 3. The molecule has 0 saturated carbocycles. The van der Waals surface area contributed by atoms with Gasteiger partial charge in [-0.2, -0.15) is 0 Å². The molecule has 0 aliphatic carbocycles. The fourth-order valence-electron chi connectivity index (χ4n) is 3.27. The van der Waals surface area contributed by atoms with E-state index in [4.69, 9.17) is 4.98 Å². The van der Waals surface area contributed by atoms with E-state index in [1.165, 1.54) is 24.3 Å². The van der Waals surface area contributed by atoms with E-state index in [-0.39, 0.29) is 11.4 Å². The first kappa shape index (κ1) is 19.9. The molecular weight excluding hydrogens is 394 g/mol. The molecule has 0 radical (unpaired) electrons.